The zero-order valence-electron chi connectivity index (χ0n) is 12.8. The lowest BCUT2D eigenvalue weighted by Gasteiger charge is -2.15. The molecule has 0 saturated carbocycles. The third-order valence-electron chi connectivity index (χ3n) is 2.88. The van der Waals surface area contributed by atoms with E-state index in [4.69, 9.17) is 16.3 Å². The minimum atomic E-state index is -4.05. The first-order chi connectivity index (χ1) is 11.1. The van der Waals surface area contributed by atoms with Crippen LogP contribution in [0.3, 0.4) is 0 Å². The lowest BCUT2D eigenvalue weighted by Crippen LogP contribution is -2.17. The van der Waals surface area contributed by atoms with Crippen LogP contribution in [0.25, 0.3) is 0 Å². The van der Waals surface area contributed by atoms with Gasteiger partial charge >= 0.3 is 0 Å². The number of hydrogen-bond acceptors (Lipinski definition) is 5. The number of nitrogens with one attached hydrogen (secondary N) is 2. The number of rotatable bonds is 6. The van der Waals surface area contributed by atoms with E-state index in [1.54, 1.807) is 12.1 Å². The van der Waals surface area contributed by atoms with Gasteiger partial charge in [0.1, 0.15) is 10.6 Å². The van der Waals surface area contributed by atoms with Gasteiger partial charge < -0.3 is 4.74 Å². The molecule has 7 nitrogen and oxygen atoms in total. The number of ether oxygens (including phenoxy) is 1. The highest BCUT2D eigenvalue weighted by Crippen LogP contribution is 2.31. The predicted molar refractivity (Wildman–Crippen MR) is 93.7 cm³/mol. The fourth-order valence-corrected chi connectivity index (χ4v) is 4.01. The molecule has 0 aliphatic rings. The summed E-state index contributed by atoms with van der Waals surface area (Å²) < 4.78 is 57.7. The van der Waals surface area contributed by atoms with Crippen molar-refractivity contribution in [3.05, 3.63) is 47.5 Å². The van der Waals surface area contributed by atoms with Gasteiger partial charge in [-0.3, -0.25) is 9.44 Å². The summed E-state index contributed by atoms with van der Waals surface area (Å²) in [6, 6.07) is 10.2. The first-order valence-electron chi connectivity index (χ1n) is 6.55. The summed E-state index contributed by atoms with van der Waals surface area (Å²) >= 11 is 5.86. The molecule has 0 heterocycles. The summed E-state index contributed by atoms with van der Waals surface area (Å²) in [5.74, 6) is 0.112. The Morgan fingerprint density at radius 3 is 2.08 bits per heavy atom. The van der Waals surface area contributed by atoms with E-state index < -0.39 is 20.0 Å². The Morgan fingerprint density at radius 2 is 1.54 bits per heavy atom. The van der Waals surface area contributed by atoms with E-state index in [1.165, 1.54) is 37.4 Å². The number of anilines is 2. The van der Waals surface area contributed by atoms with Gasteiger partial charge in [-0.25, -0.2) is 16.8 Å². The number of methoxy groups -OCH3 is 1. The third kappa shape index (κ3) is 4.53. The fourth-order valence-electron chi connectivity index (χ4n) is 1.92. The normalized spacial score (nSPS) is 11.8. The molecule has 0 bridgehead atoms. The zero-order valence-corrected chi connectivity index (χ0v) is 15.2. The molecule has 0 radical (unpaired) electrons. The second-order valence-electron chi connectivity index (χ2n) is 4.82. The Labute approximate surface area is 145 Å². The molecule has 0 aromatic heterocycles. The minimum absolute atomic E-state index is 0.0740. The highest BCUT2D eigenvalue weighted by atomic mass is 35.5. The first kappa shape index (κ1) is 18.4. The molecule has 0 unspecified atom stereocenters. The Bertz CT molecular complexity index is 959. The van der Waals surface area contributed by atoms with Crippen LogP contribution >= 0.6 is 11.6 Å². The molecule has 0 atom stereocenters. The van der Waals surface area contributed by atoms with E-state index in [0.717, 1.165) is 6.26 Å². The maximum absolute atomic E-state index is 12.6. The highest BCUT2D eigenvalue weighted by Gasteiger charge is 2.21. The molecule has 24 heavy (non-hydrogen) atoms. The molecule has 2 rings (SSSR count). The zero-order chi connectivity index (χ0) is 18.0. The van der Waals surface area contributed by atoms with E-state index >= 15 is 0 Å². The maximum Gasteiger partial charge on any atom is 0.265 e. The van der Waals surface area contributed by atoms with Crippen molar-refractivity contribution in [1.29, 1.82) is 0 Å². The topological polar surface area (TPSA) is 102 Å². The van der Waals surface area contributed by atoms with Crippen LogP contribution in [0.2, 0.25) is 5.02 Å². The molecule has 2 aromatic rings. The number of benzene rings is 2. The van der Waals surface area contributed by atoms with Crippen LogP contribution < -0.4 is 14.2 Å². The quantitative estimate of drug-likeness (QED) is 0.789. The van der Waals surface area contributed by atoms with Gasteiger partial charge in [0.25, 0.3) is 10.0 Å². The van der Waals surface area contributed by atoms with Crippen LogP contribution in [0.4, 0.5) is 11.4 Å². The second kappa shape index (κ2) is 6.88. The van der Waals surface area contributed by atoms with E-state index in [9.17, 15) is 16.8 Å². The molecule has 0 amide bonds. The lowest BCUT2D eigenvalue weighted by atomic mass is 10.3. The molecule has 10 heteroatoms. The van der Waals surface area contributed by atoms with Crippen LogP contribution in [0.5, 0.6) is 5.75 Å². The first-order valence-corrected chi connectivity index (χ1v) is 10.3. The summed E-state index contributed by atoms with van der Waals surface area (Å²) in [4.78, 5) is -0.161. The Morgan fingerprint density at radius 1 is 0.958 bits per heavy atom. The lowest BCUT2D eigenvalue weighted by molar-refractivity contribution is 0.403. The van der Waals surface area contributed by atoms with Gasteiger partial charge in [0.2, 0.25) is 10.0 Å². The minimum Gasteiger partial charge on any atom is -0.495 e. The average molecular weight is 391 g/mol. The van der Waals surface area contributed by atoms with Crippen molar-refractivity contribution in [3.63, 3.8) is 0 Å². The molecule has 130 valence electrons. The Hall–Kier alpha value is -1.97. The SMILES string of the molecule is COc1ccc(Cl)cc1S(=O)(=O)Nc1ccccc1NS(C)(=O)=O. The largest absolute Gasteiger partial charge is 0.495 e. The van der Waals surface area contributed by atoms with Gasteiger partial charge in [-0.2, -0.15) is 0 Å². The number of sulfonamides is 2. The van der Waals surface area contributed by atoms with E-state index in [2.05, 4.69) is 9.44 Å². The molecular formula is C14H15ClN2O5S2. The molecule has 2 N–H and O–H groups in total. The molecule has 2 aromatic carbocycles. The van der Waals surface area contributed by atoms with Crippen LogP contribution in [-0.2, 0) is 20.0 Å². The molecule has 0 saturated heterocycles. The number of hydrogen-bond donors (Lipinski definition) is 2. The molecule has 0 spiro atoms. The Balaban J connectivity index is 2.46. The van der Waals surface area contributed by atoms with E-state index in [1.807, 2.05) is 0 Å². The van der Waals surface area contributed by atoms with Crippen molar-refractivity contribution < 1.29 is 21.6 Å². The van der Waals surface area contributed by atoms with E-state index in [-0.39, 0.29) is 27.0 Å². The van der Waals surface area contributed by atoms with Crippen molar-refractivity contribution in [1.82, 2.24) is 0 Å². The van der Waals surface area contributed by atoms with Gasteiger partial charge in [-0.05, 0) is 30.3 Å². The van der Waals surface area contributed by atoms with Crippen molar-refractivity contribution in [2.45, 2.75) is 4.90 Å². The van der Waals surface area contributed by atoms with Crippen LogP contribution in [0.15, 0.2) is 47.4 Å². The van der Waals surface area contributed by atoms with Crippen molar-refractivity contribution >= 4 is 43.0 Å². The molecule has 0 aliphatic carbocycles. The summed E-state index contributed by atoms with van der Waals surface area (Å²) in [7, 11) is -6.29. The fraction of sp³-hybridized carbons (Fsp3) is 0.143. The van der Waals surface area contributed by atoms with Crippen LogP contribution in [0, 0.1) is 0 Å². The maximum atomic E-state index is 12.6. The molecular weight excluding hydrogens is 376 g/mol. The molecule has 0 fully saturated rings. The highest BCUT2D eigenvalue weighted by molar-refractivity contribution is 7.93. The standard InChI is InChI=1S/C14H15ClN2O5S2/c1-22-13-8-7-10(15)9-14(13)24(20,21)17-12-6-4-3-5-11(12)16-23(2,18)19/h3-9,16-17H,1-2H3. The monoisotopic (exact) mass is 390 g/mol. The van der Waals surface area contributed by atoms with Gasteiger partial charge in [-0.15, -0.1) is 0 Å². The summed E-state index contributed by atoms with van der Waals surface area (Å²) in [5.41, 5.74) is 0.175. The number of halogens is 1. The van der Waals surface area contributed by atoms with Gasteiger partial charge in [0.15, 0.2) is 0 Å². The molecule has 0 aliphatic heterocycles. The average Bonchev–Trinajstić information content (AvgIpc) is 2.47. The van der Waals surface area contributed by atoms with Gasteiger partial charge in [-0.1, -0.05) is 23.7 Å². The van der Waals surface area contributed by atoms with Crippen LogP contribution in [-0.4, -0.2) is 30.2 Å². The summed E-state index contributed by atoms with van der Waals surface area (Å²) in [5, 5.41) is 0.221. The van der Waals surface area contributed by atoms with Crippen molar-refractivity contribution in [2.75, 3.05) is 22.8 Å². The summed E-state index contributed by atoms with van der Waals surface area (Å²) in [6.07, 6.45) is 0.971. The van der Waals surface area contributed by atoms with Gasteiger partial charge in [0, 0.05) is 5.02 Å². The van der Waals surface area contributed by atoms with Crippen LogP contribution in [0.1, 0.15) is 0 Å². The van der Waals surface area contributed by atoms with Crippen molar-refractivity contribution in [2.24, 2.45) is 0 Å². The van der Waals surface area contributed by atoms with Gasteiger partial charge in [0.05, 0.1) is 24.7 Å². The predicted octanol–water partition coefficient (Wildman–Crippen LogP) is 2.52. The summed E-state index contributed by atoms with van der Waals surface area (Å²) in [6.45, 7) is 0. The Kier molecular flexibility index (Phi) is 5.26. The smallest absolute Gasteiger partial charge is 0.265 e. The third-order valence-corrected chi connectivity index (χ3v) is 5.09. The van der Waals surface area contributed by atoms with Crippen molar-refractivity contribution in [3.8, 4) is 5.75 Å². The van der Waals surface area contributed by atoms with E-state index in [0.29, 0.717) is 0 Å². The number of para-hydroxylation sites is 2. The second-order valence-corrected chi connectivity index (χ2v) is 8.66.